The van der Waals surface area contributed by atoms with Crippen molar-refractivity contribution in [1.29, 1.82) is 0 Å². The molecule has 1 aliphatic rings. The Balaban J connectivity index is 2.22. The van der Waals surface area contributed by atoms with Gasteiger partial charge < -0.3 is 15.6 Å². The maximum atomic E-state index is 6.10. The van der Waals surface area contributed by atoms with Crippen molar-refractivity contribution in [3.8, 4) is 0 Å². The summed E-state index contributed by atoms with van der Waals surface area (Å²) in [6, 6.07) is 6.18. The fraction of sp³-hybridized carbons (Fsp3) is 0.364. The van der Waals surface area contributed by atoms with Crippen LogP contribution in [0.15, 0.2) is 18.2 Å². The van der Waals surface area contributed by atoms with Crippen LogP contribution in [-0.2, 0) is 0 Å². The van der Waals surface area contributed by atoms with Crippen molar-refractivity contribution in [2.24, 2.45) is 0 Å². The van der Waals surface area contributed by atoms with E-state index in [1.54, 1.807) is 0 Å². The van der Waals surface area contributed by atoms with Crippen molar-refractivity contribution < 1.29 is 0 Å². The highest BCUT2D eigenvalue weighted by Gasteiger charge is 2.21. The second-order valence-electron chi connectivity index (χ2n) is 4.09. The highest BCUT2D eigenvalue weighted by Crippen LogP contribution is 2.29. The lowest BCUT2D eigenvalue weighted by atomic mass is 10.2. The number of nitrogens with two attached hydrogens (primary N) is 1. The molecule has 0 saturated carbocycles. The molecule has 0 amide bonds. The third kappa shape index (κ3) is 1.37. The summed E-state index contributed by atoms with van der Waals surface area (Å²) in [6.45, 7) is 1.98. The summed E-state index contributed by atoms with van der Waals surface area (Å²) in [5, 5.41) is 3.99. The number of fused-ring (bicyclic) bond motifs is 1. The first kappa shape index (κ1) is 9.93. The molecule has 1 fully saturated rings. The van der Waals surface area contributed by atoms with Crippen molar-refractivity contribution in [3.63, 3.8) is 0 Å². The normalized spacial score (nSPS) is 20.7. The van der Waals surface area contributed by atoms with Crippen molar-refractivity contribution in [2.45, 2.75) is 12.5 Å². The van der Waals surface area contributed by atoms with Crippen LogP contribution < -0.4 is 11.1 Å². The molecule has 1 aromatic carbocycles. The van der Waals surface area contributed by atoms with Crippen LogP contribution in [-0.4, -0.2) is 22.6 Å². The van der Waals surface area contributed by atoms with Crippen LogP contribution in [0.3, 0.4) is 0 Å². The summed E-state index contributed by atoms with van der Waals surface area (Å²) in [7, 11) is 0. The van der Waals surface area contributed by atoms with Gasteiger partial charge in [-0.25, -0.2) is 4.98 Å². The zero-order valence-electron chi connectivity index (χ0n) is 8.78. The first-order chi connectivity index (χ1) is 7.77. The Morgan fingerprint density at radius 1 is 1.50 bits per heavy atom. The van der Waals surface area contributed by atoms with Gasteiger partial charge in [-0.15, -0.1) is 0 Å². The summed E-state index contributed by atoms with van der Waals surface area (Å²) in [5.74, 6) is 0.553. The molecule has 16 heavy (non-hydrogen) atoms. The number of imidazole rings is 1. The van der Waals surface area contributed by atoms with Gasteiger partial charge in [0.05, 0.1) is 16.6 Å². The number of nitrogen functional groups attached to an aromatic ring is 1. The van der Waals surface area contributed by atoms with E-state index >= 15 is 0 Å². The van der Waals surface area contributed by atoms with Crippen LogP contribution in [0.5, 0.6) is 0 Å². The van der Waals surface area contributed by atoms with Crippen LogP contribution in [0.1, 0.15) is 12.5 Å². The van der Waals surface area contributed by atoms with E-state index < -0.39 is 0 Å². The number of rotatable bonds is 1. The van der Waals surface area contributed by atoms with Crippen LogP contribution in [0.4, 0.5) is 5.95 Å². The molecule has 0 spiro atoms. The first-order valence-corrected chi connectivity index (χ1v) is 5.78. The number of aromatic nitrogens is 2. The molecular weight excluding hydrogens is 224 g/mol. The summed E-state index contributed by atoms with van der Waals surface area (Å²) < 4.78 is 2.08. The number of benzene rings is 1. The van der Waals surface area contributed by atoms with Crippen LogP contribution in [0.2, 0.25) is 5.02 Å². The maximum Gasteiger partial charge on any atom is 0.201 e. The minimum Gasteiger partial charge on any atom is -0.369 e. The molecule has 1 aromatic heterocycles. The maximum absolute atomic E-state index is 6.10. The van der Waals surface area contributed by atoms with Gasteiger partial charge in [0.15, 0.2) is 0 Å². The summed E-state index contributed by atoms with van der Waals surface area (Å²) in [6.07, 6.45) is 1.09. The van der Waals surface area contributed by atoms with Crippen LogP contribution in [0.25, 0.3) is 11.0 Å². The Bertz CT molecular complexity index is 528. The average Bonchev–Trinajstić information content (AvgIpc) is 2.85. The predicted molar refractivity (Wildman–Crippen MR) is 65.7 cm³/mol. The topological polar surface area (TPSA) is 55.9 Å². The van der Waals surface area contributed by atoms with Gasteiger partial charge in [0.25, 0.3) is 0 Å². The van der Waals surface area contributed by atoms with Crippen LogP contribution in [0, 0.1) is 0 Å². The zero-order chi connectivity index (χ0) is 11.1. The Kier molecular flexibility index (Phi) is 2.26. The number of nitrogens with one attached hydrogen (secondary N) is 1. The fourth-order valence-electron chi connectivity index (χ4n) is 2.34. The third-order valence-electron chi connectivity index (χ3n) is 3.10. The van der Waals surface area contributed by atoms with E-state index in [2.05, 4.69) is 14.9 Å². The lowest BCUT2D eigenvalue weighted by molar-refractivity contribution is 0.569. The number of nitrogens with zero attached hydrogens (tertiary/aromatic N) is 2. The van der Waals surface area contributed by atoms with E-state index in [1.807, 2.05) is 18.2 Å². The average molecular weight is 237 g/mol. The molecule has 0 radical (unpaired) electrons. The summed E-state index contributed by atoms with van der Waals surface area (Å²) >= 11 is 6.10. The molecule has 3 rings (SSSR count). The van der Waals surface area contributed by atoms with Gasteiger partial charge in [-0.1, -0.05) is 17.7 Å². The van der Waals surface area contributed by atoms with Crippen molar-refractivity contribution in [2.75, 3.05) is 18.8 Å². The number of halogens is 1. The zero-order valence-corrected chi connectivity index (χ0v) is 9.54. The molecule has 5 heteroatoms. The van der Waals surface area contributed by atoms with Crippen LogP contribution >= 0.6 is 11.6 Å². The minimum absolute atomic E-state index is 0.392. The quantitative estimate of drug-likeness (QED) is 0.794. The van der Waals surface area contributed by atoms with Gasteiger partial charge in [-0.3, -0.25) is 0 Å². The number of hydrogen-bond acceptors (Lipinski definition) is 3. The Morgan fingerprint density at radius 3 is 3.12 bits per heavy atom. The standard InChI is InChI=1S/C11H13ClN4/c12-8-2-1-3-9-10(8)15-11(13)16(9)7-4-5-14-6-7/h1-3,7,14H,4-6H2,(H2,13,15). The monoisotopic (exact) mass is 236 g/mol. The van der Waals surface area contributed by atoms with Crippen molar-refractivity contribution >= 4 is 28.6 Å². The van der Waals surface area contributed by atoms with Gasteiger partial charge >= 0.3 is 0 Å². The molecule has 0 aliphatic carbocycles. The smallest absolute Gasteiger partial charge is 0.201 e. The van der Waals surface area contributed by atoms with E-state index in [4.69, 9.17) is 17.3 Å². The van der Waals surface area contributed by atoms with Gasteiger partial charge in [-0.05, 0) is 25.1 Å². The van der Waals surface area contributed by atoms with E-state index in [-0.39, 0.29) is 0 Å². The van der Waals surface area contributed by atoms with E-state index in [0.29, 0.717) is 17.0 Å². The molecule has 2 heterocycles. The second-order valence-corrected chi connectivity index (χ2v) is 4.50. The van der Waals surface area contributed by atoms with Crippen molar-refractivity contribution in [1.82, 2.24) is 14.9 Å². The Morgan fingerprint density at radius 2 is 2.38 bits per heavy atom. The molecule has 1 atom stereocenters. The van der Waals surface area contributed by atoms with Gasteiger partial charge in [-0.2, -0.15) is 0 Å². The van der Waals surface area contributed by atoms with E-state index in [9.17, 15) is 0 Å². The molecule has 1 unspecified atom stereocenters. The largest absolute Gasteiger partial charge is 0.369 e. The number of para-hydroxylation sites is 1. The van der Waals surface area contributed by atoms with Gasteiger partial charge in [0.1, 0.15) is 5.52 Å². The Labute approximate surface area is 98.4 Å². The highest BCUT2D eigenvalue weighted by molar-refractivity contribution is 6.35. The van der Waals surface area contributed by atoms with E-state index in [0.717, 1.165) is 30.5 Å². The molecule has 2 aromatic rings. The lowest BCUT2D eigenvalue weighted by Gasteiger charge is -2.13. The molecule has 0 bridgehead atoms. The second kappa shape index (κ2) is 3.64. The Hall–Kier alpha value is -1.26. The SMILES string of the molecule is Nc1nc2c(Cl)cccc2n1C1CCNC1. The predicted octanol–water partition coefficient (Wildman–Crippen LogP) is 1.81. The molecule has 1 saturated heterocycles. The van der Waals surface area contributed by atoms with E-state index in [1.165, 1.54) is 0 Å². The third-order valence-corrected chi connectivity index (χ3v) is 3.40. The lowest BCUT2D eigenvalue weighted by Crippen LogP contribution is -2.15. The van der Waals surface area contributed by atoms with Gasteiger partial charge in [0.2, 0.25) is 5.95 Å². The molecule has 4 nitrogen and oxygen atoms in total. The van der Waals surface area contributed by atoms with Gasteiger partial charge in [0, 0.05) is 6.54 Å². The number of anilines is 1. The molecule has 84 valence electrons. The number of hydrogen-bond donors (Lipinski definition) is 2. The molecule has 1 aliphatic heterocycles. The molecular formula is C11H13ClN4. The fourth-order valence-corrected chi connectivity index (χ4v) is 2.56. The highest BCUT2D eigenvalue weighted by atomic mass is 35.5. The van der Waals surface area contributed by atoms with Crippen molar-refractivity contribution in [3.05, 3.63) is 23.2 Å². The summed E-state index contributed by atoms with van der Waals surface area (Å²) in [4.78, 5) is 4.34. The minimum atomic E-state index is 0.392. The first-order valence-electron chi connectivity index (χ1n) is 5.40. The summed E-state index contributed by atoms with van der Waals surface area (Å²) in [5.41, 5.74) is 7.79. The molecule has 3 N–H and O–H groups in total.